The van der Waals surface area contributed by atoms with E-state index in [-0.39, 0.29) is 23.9 Å². The van der Waals surface area contributed by atoms with E-state index in [1.807, 2.05) is 18.2 Å². The number of nitrogens with zero attached hydrogens (tertiary/aromatic N) is 3. The number of carbonyl (C=O) groups excluding carboxylic acids is 2. The predicted octanol–water partition coefficient (Wildman–Crippen LogP) is 2.87. The molecule has 3 aromatic carbocycles. The number of nitro benzene ring substituents is 1. The Morgan fingerprint density at radius 3 is 2.73 bits per heavy atom. The quantitative estimate of drug-likeness (QED) is 0.385. The van der Waals surface area contributed by atoms with Crippen molar-refractivity contribution in [3.8, 4) is 5.75 Å². The van der Waals surface area contributed by atoms with Gasteiger partial charge in [-0.3, -0.25) is 24.6 Å². The lowest BCUT2D eigenvalue weighted by Crippen LogP contribution is -2.37. The molecule has 0 saturated heterocycles. The van der Waals surface area contributed by atoms with E-state index in [2.05, 4.69) is 10.5 Å². The van der Waals surface area contributed by atoms with Crippen molar-refractivity contribution in [3.63, 3.8) is 0 Å². The van der Waals surface area contributed by atoms with Gasteiger partial charge in [0.15, 0.2) is 5.75 Å². The molecule has 0 unspecified atom stereocenters. The third kappa shape index (κ3) is 3.32. The van der Waals surface area contributed by atoms with Gasteiger partial charge >= 0.3 is 5.69 Å². The maximum Gasteiger partial charge on any atom is 0.311 e. The molecule has 0 saturated carbocycles. The number of ether oxygens (including phenoxy) is 1. The van der Waals surface area contributed by atoms with Crippen LogP contribution in [0.5, 0.6) is 5.75 Å². The zero-order valence-corrected chi connectivity index (χ0v) is 15.9. The van der Waals surface area contributed by atoms with Crippen LogP contribution in [0, 0.1) is 10.1 Å². The van der Waals surface area contributed by atoms with E-state index in [1.54, 1.807) is 24.3 Å². The molecular formula is C21H16N4O5. The molecule has 30 heavy (non-hydrogen) atoms. The fourth-order valence-corrected chi connectivity index (χ4v) is 3.42. The highest BCUT2D eigenvalue weighted by Gasteiger charge is 2.30. The van der Waals surface area contributed by atoms with Gasteiger partial charge in [0, 0.05) is 22.6 Å². The summed E-state index contributed by atoms with van der Waals surface area (Å²) < 4.78 is 4.95. The van der Waals surface area contributed by atoms with E-state index < -0.39 is 10.8 Å². The third-order valence-electron chi connectivity index (χ3n) is 4.75. The minimum Gasteiger partial charge on any atom is -0.490 e. The average Bonchev–Trinajstić information content (AvgIpc) is 3.01. The lowest BCUT2D eigenvalue weighted by Gasteiger charge is -2.16. The number of rotatable bonds is 6. The van der Waals surface area contributed by atoms with Crippen molar-refractivity contribution in [2.24, 2.45) is 5.10 Å². The largest absolute Gasteiger partial charge is 0.490 e. The van der Waals surface area contributed by atoms with Crippen LogP contribution >= 0.6 is 0 Å². The van der Waals surface area contributed by atoms with Gasteiger partial charge < -0.3 is 4.74 Å². The summed E-state index contributed by atoms with van der Waals surface area (Å²) in [4.78, 5) is 37.0. The first-order valence-electron chi connectivity index (χ1n) is 8.97. The first kappa shape index (κ1) is 19.1. The van der Waals surface area contributed by atoms with Crippen molar-refractivity contribution in [2.75, 3.05) is 18.6 Å². The highest BCUT2D eigenvalue weighted by atomic mass is 16.6. The molecule has 0 fully saturated rings. The smallest absolute Gasteiger partial charge is 0.311 e. The highest BCUT2D eigenvalue weighted by Crippen LogP contribution is 2.36. The van der Waals surface area contributed by atoms with Crippen LogP contribution in [-0.2, 0) is 4.79 Å². The number of benzene rings is 3. The van der Waals surface area contributed by atoms with Crippen LogP contribution in [0.2, 0.25) is 0 Å². The van der Waals surface area contributed by atoms with Crippen LogP contribution < -0.4 is 15.1 Å². The molecule has 0 radical (unpaired) electrons. The monoisotopic (exact) mass is 404 g/mol. The number of hydrogen-bond donors (Lipinski definition) is 1. The highest BCUT2D eigenvalue weighted by molar-refractivity contribution is 6.26. The maximum atomic E-state index is 12.7. The van der Waals surface area contributed by atoms with Crippen LogP contribution in [0.3, 0.4) is 0 Å². The SMILES string of the molecule is COc1ccc(C=NNC(=O)CN2C(=O)c3cccc4cccc2c34)cc1[N+](=O)[O-]. The van der Waals surface area contributed by atoms with E-state index >= 15 is 0 Å². The second-order valence-corrected chi connectivity index (χ2v) is 6.55. The van der Waals surface area contributed by atoms with Gasteiger partial charge in [-0.25, -0.2) is 5.43 Å². The van der Waals surface area contributed by atoms with Crippen molar-refractivity contribution < 1.29 is 19.2 Å². The second kappa shape index (κ2) is 7.63. The van der Waals surface area contributed by atoms with Gasteiger partial charge in [-0.15, -0.1) is 0 Å². The Morgan fingerprint density at radius 1 is 1.23 bits per heavy atom. The Labute approximate surface area is 170 Å². The number of carbonyl (C=O) groups is 2. The molecule has 0 aliphatic carbocycles. The fourth-order valence-electron chi connectivity index (χ4n) is 3.42. The van der Waals surface area contributed by atoms with E-state index in [4.69, 9.17) is 4.74 Å². The Bertz CT molecular complexity index is 1220. The molecule has 4 rings (SSSR count). The van der Waals surface area contributed by atoms with Crippen molar-refractivity contribution in [3.05, 3.63) is 75.8 Å². The van der Waals surface area contributed by atoms with E-state index in [0.29, 0.717) is 16.8 Å². The van der Waals surface area contributed by atoms with Gasteiger partial charge in [0.25, 0.3) is 11.8 Å². The summed E-state index contributed by atoms with van der Waals surface area (Å²) in [5.74, 6) is -0.610. The molecule has 0 aromatic heterocycles. The molecular weight excluding hydrogens is 388 g/mol. The van der Waals surface area contributed by atoms with Crippen LogP contribution in [-0.4, -0.2) is 36.6 Å². The van der Waals surface area contributed by atoms with E-state index in [1.165, 1.54) is 30.4 Å². The van der Waals surface area contributed by atoms with E-state index in [9.17, 15) is 19.7 Å². The van der Waals surface area contributed by atoms with Crippen LogP contribution in [0.15, 0.2) is 59.7 Å². The zero-order valence-electron chi connectivity index (χ0n) is 15.9. The predicted molar refractivity (Wildman–Crippen MR) is 111 cm³/mol. The van der Waals surface area contributed by atoms with E-state index in [0.717, 1.165) is 10.8 Å². The summed E-state index contributed by atoms with van der Waals surface area (Å²) >= 11 is 0. The number of hydrogen-bond acceptors (Lipinski definition) is 6. The number of methoxy groups -OCH3 is 1. The van der Waals surface area contributed by atoms with Gasteiger partial charge in [-0.1, -0.05) is 24.3 Å². The van der Waals surface area contributed by atoms with Gasteiger partial charge in [-0.05, 0) is 29.7 Å². The molecule has 150 valence electrons. The van der Waals surface area contributed by atoms with Crippen molar-refractivity contribution in [2.45, 2.75) is 0 Å². The minimum absolute atomic E-state index is 0.127. The van der Waals surface area contributed by atoms with Gasteiger partial charge in [-0.2, -0.15) is 5.10 Å². The first-order valence-corrected chi connectivity index (χ1v) is 8.97. The van der Waals surface area contributed by atoms with Crippen molar-refractivity contribution in [1.82, 2.24) is 5.43 Å². The van der Waals surface area contributed by atoms with Crippen LogP contribution in [0.4, 0.5) is 11.4 Å². The molecule has 1 aliphatic rings. The average molecular weight is 404 g/mol. The molecule has 1 N–H and O–H groups in total. The first-order chi connectivity index (χ1) is 14.5. The Balaban J connectivity index is 1.46. The molecule has 1 heterocycles. The second-order valence-electron chi connectivity index (χ2n) is 6.55. The lowest BCUT2D eigenvalue weighted by atomic mass is 10.1. The number of anilines is 1. The zero-order chi connectivity index (χ0) is 21.3. The Hall–Kier alpha value is -4.27. The Kier molecular flexibility index (Phi) is 4.85. The Morgan fingerprint density at radius 2 is 2.00 bits per heavy atom. The van der Waals surface area contributed by atoms with Crippen molar-refractivity contribution >= 4 is 40.2 Å². The molecule has 9 heteroatoms. The molecule has 1 aliphatic heterocycles. The lowest BCUT2D eigenvalue weighted by molar-refractivity contribution is -0.385. The standard InChI is InChI=1S/C21H16N4O5/c1-30-18-9-8-13(10-17(18)25(28)29)11-22-23-19(26)12-24-16-7-3-5-14-4-2-6-15(20(14)16)21(24)27/h2-11H,12H2,1H3,(H,23,26). The molecule has 0 bridgehead atoms. The number of amides is 2. The van der Waals surface area contributed by atoms with Gasteiger partial charge in [0.2, 0.25) is 0 Å². The maximum absolute atomic E-state index is 12.7. The molecule has 2 amide bonds. The third-order valence-corrected chi connectivity index (χ3v) is 4.75. The van der Waals surface area contributed by atoms with Crippen molar-refractivity contribution in [1.29, 1.82) is 0 Å². The minimum atomic E-state index is -0.563. The normalized spacial score (nSPS) is 12.6. The molecule has 0 spiro atoms. The number of nitro groups is 1. The summed E-state index contributed by atoms with van der Waals surface area (Å²) in [5, 5.41) is 16.7. The molecule has 0 atom stereocenters. The van der Waals surface area contributed by atoms with Crippen LogP contribution in [0.1, 0.15) is 15.9 Å². The van der Waals surface area contributed by atoms with Gasteiger partial charge in [0.1, 0.15) is 6.54 Å². The van der Waals surface area contributed by atoms with Gasteiger partial charge in [0.05, 0.1) is 23.9 Å². The molecule has 3 aromatic rings. The summed E-state index contributed by atoms with van der Waals surface area (Å²) in [5.41, 5.74) is 3.80. The fraction of sp³-hybridized carbons (Fsp3) is 0.0952. The number of nitrogens with one attached hydrogen (secondary N) is 1. The summed E-state index contributed by atoms with van der Waals surface area (Å²) in [6.07, 6.45) is 1.28. The van der Waals surface area contributed by atoms with Crippen LogP contribution in [0.25, 0.3) is 10.8 Å². The summed E-state index contributed by atoms with van der Waals surface area (Å²) in [6, 6.07) is 15.3. The number of hydrazone groups is 1. The topological polar surface area (TPSA) is 114 Å². The summed E-state index contributed by atoms with van der Waals surface area (Å²) in [6.45, 7) is -0.202. The molecule has 9 nitrogen and oxygen atoms in total. The summed E-state index contributed by atoms with van der Waals surface area (Å²) in [7, 11) is 1.34.